The third-order valence-corrected chi connectivity index (χ3v) is 5.43. The van der Waals surface area contributed by atoms with Crippen molar-refractivity contribution >= 4 is 17.4 Å². The number of likely N-dealkylation sites (tertiary alicyclic amines) is 1. The highest BCUT2D eigenvalue weighted by atomic mass is 16.5. The van der Waals surface area contributed by atoms with Crippen molar-refractivity contribution in [3.8, 4) is 11.5 Å². The monoisotopic (exact) mass is 438 g/mol. The van der Waals surface area contributed by atoms with Gasteiger partial charge in [-0.25, -0.2) is 0 Å². The van der Waals surface area contributed by atoms with Crippen LogP contribution in [0.2, 0.25) is 0 Å². The van der Waals surface area contributed by atoms with Crippen LogP contribution in [0.4, 0.5) is 0 Å². The zero-order chi connectivity index (χ0) is 23.3. The maximum Gasteiger partial charge on any atom is 0.295 e. The topological polar surface area (TPSA) is 90.3 Å². The number of ketones is 1. The summed E-state index contributed by atoms with van der Waals surface area (Å²) in [5, 5.41) is 20.7. The summed E-state index contributed by atoms with van der Waals surface area (Å²) in [6, 6.07) is 12.4. The molecular weight excluding hydrogens is 408 g/mol. The minimum absolute atomic E-state index is 0.0408. The quantitative estimate of drug-likeness (QED) is 0.269. The Balaban J connectivity index is 2.00. The molecule has 1 fully saturated rings. The van der Waals surface area contributed by atoms with Crippen LogP contribution in [0.1, 0.15) is 36.9 Å². The largest absolute Gasteiger partial charge is 0.508 e. The molecule has 1 saturated heterocycles. The van der Waals surface area contributed by atoms with Crippen molar-refractivity contribution < 1.29 is 24.5 Å². The third-order valence-electron chi connectivity index (χ3n) is 5.43. The highest BCUT2D eigenvalue weighted by Crippen LogP contribution is 2.39. The number of phenols is 1. The summed E-state index contributed by atoms with van der Waals surface area (Å²) in [6.45, 7) is 3.58. The minimum Gasteiger partial charge on any atom is -0.508 e. The Kier molecular flexibility index (Phi) is 7.53. The van der Waals surface area contributed by atoms with Gasteiger partial charge in [0.25, 0.3) is 11.7 Å². The zero-order valence-electron chi connectivity index (χ0n) is 18.7. The molecule has 2 aromatic carbocycles. The lowest BCUT2D eigenvalue weighted by Gasteiger charge is -2.26. The molecule has 0 radical (unpaired) electrons. The van der Waals surface area contributed by atoms with Gasteiger partial charge in [-0.3, -0.25) is 9.59 Å². The van der Waals surface area contributed by atoms with Crippen LogP contribution in [-0.2, 0) is 9.59 Å². The van der Waals surface area contributed by atoms with Crippen molar-refractivity contribution in [2.75, 3.05) is 33.8 Å². The lowest BCUT2D eigenvalue weighted by atomic mass is 9.95. The third kappa shape index (κ3) is 5.11. The summed E-state index contributed by atoms with van der Waals surface area (Å²) >= 11 is 0. The fourth-order valence-electron chi connectivity index (χ4n) is 3.62. The molecule has 0 saturated carbocycles. The normalized spacial score (nSPS) is 17.9. The predicted molar refractivity (Wildman–Crippen MR) is 123 cm³/mol. The van der Waals surface area contributed by atoms with Gasteiger partial charge in [0.15, 0.2) is 0 Å². The van der Waals surface area contributed by atoms with Gasteiger partial charge in [0, 0.05) is 18.7 Å². The van der Waals surface area contributed by atoms with Gasteiger partial charge in [-0.1, -0.05) is 25.5 Å². The van der Waals surface area contributed by atoms with Crippen molar-refractivity contribution in [3.63, 3.8) is 0 Å². The molecule has 1 aliphatic rings. The summed E-state index contributed by atoms with van der Waals surface area (Å²) in [6.07, 6.45) is 1.98. The Bertz CT molecular complexity index is 980. The number of carbonyl (C=O) groups is 2. The molecule has 32 heavy (non-hydrogen) atoms. The Labute approximate surface area is 188 Å². The van der Waals surface area contributed by atoms with Crippen molar-refractivity contribution in [2.45, 2.75) is 25.8 Å². The first-order valence-corrected chi connectivity index (χ1v) is 10.8. The van der Waals surface area contributed by atoms with Crippen molar-refractivity contribution in [2.24, 2.45) is 0 Å². The van der Waals surface area contributed by atoms with Crippen LogP contribution in [-0.4, -0.2) is 65.5 Å². The SMILES string of the molecule is CCCCOc1ccc(/C(O)=C2\C(=O)C(=O)N(CCN(C)C)[C@@H]2c2ccc(O)cc2)cc1. The lowest BCUT2D eigenvalue weighted by molar-refractivity contribution is -0.140. The maximum atomic E-state index is 13.0. The molecule has 1 heterocycles. The lowest BCUT2D eigenvalue weighted by Crippen LogP contribution is -2.35. The number of likely N-dealkylation sites (N-methyl/N-ethyl adjacent to an activating group) is 1. The number of benzene rings is 2. The van der Waals surface area contributed by atoms with Gasteiger partial charge in [-0.15, -0.1) is 0 Å². The van der Waals surface area contributed by atoms with Crippen molar-refractivity contribution in [3.05, 3.63) is 65.2 Å². The fraction of sp³-hybridized carbons (Fsp3) is 0.360. The van der Waals surface area contributed by atoms with E-state index in [0.29, 0.717) is 36.6 Å². The number of carbonyl (C=O) groups excluding carboxylic acids is 2. The van der Waals surface area contributed by atoms with E-state index in [1.165, 1.54) is 17.0 Å². The van der Waals surface area contributed by atoms with Crippen LogP contribution in [0.15, 0.2) is 54.1 Å². The Morgan fingerprint density at radius 3 is 2.31 bits per heavy atom. The number of amides is 1. The minimum atomic E-state index is -0.740. The summed E-state index contributed by atoms with van der Waals surface area (Å²) in [5.74, 6) is -0.836. The maximum absolute atomic E-state index is 13.0. The number of Topliss-reactive ketones (excluding diaryl/α,β-unsaturated/α-hetero) is 1. The van der Waals surface area contributed by atoms with Gasteiger partial charge in [0.2, 0.25) is 0 Å². The van der Waals surface area contributed by atoms with Gasteiger partial charge in [-0.05, 0) is 62.5 Å². The van der Waals surface area contributed by atoms with E-state index >= 15 is 0 Å². The van der Waals surface area contributed by atoms with Crippen LogP contribution in [0, 0.1) is 0 Å². The number of hydrogen-bond acceptors (Lipinski definition) is 6. The zero-order valence-corrected chi connectivity index (χ0v) is 18.7. The predicted octanol–water partition coefficient (Wildman–Crippen LogP) is 3.55. The smallest absolute Gasteiger partial charge is 0.295 e. The second kappa shape index (κ2) is 10.3. The number of unbranched alkanes of at least 4 members (excludes halogenated alkanes) is 1. The first kappa shape index (κ1) is 23.3. The first-order chi connectivity index (χ1) is 15.3. The van der Waals surface area contributed by atoms with E-state index in [0.717, 1.165) is 12.8 Å². The van der Waals surface area contributed by atoms with E-state index in [9.17, 15) is 19.8 Å². The van der Waals surface area contributed by atoms with E-state index < -0.39 is 17.7 Å². The average molecular weight is 439 g/mol. The van der Waals surface area contributed by atoms with Gasteiger partial charge in [-0.2, -0.15) is 0 Å². The second-order valence-corrected chi connectivity index (χ2v) is 8.11. The van der Waals surface area contributed by atoms with Crippen LogP contribution >= 0.6 is 0 Å². The Morgan fingerprint density at radius 1 is 1.06 bits per heavy atom. The average Bonchev–Trinajstić information content (AvgIpc) is 3.03. The molecule has 0 spiro atoms. The van der Waals surface area contributed by atoms with Crippen LogP contribution in [0.5, 0.6) is 11.5 Å². The molecule has 1 aliphatic heterocycles. The van der Waals surface area contributed by atoms with E-state index in [1.807, 2.05) is 19.0 Å². The summed E-state index contributed by atoms with van der Waals surface area (Å²) in [5.41, 5.74) is 1.11. The number of rotatable bonds is 9. The number of ether oxygens (including phenoxy) is 1. The molecule has 170 valence electrons. The first-order valence-electron chi connectivity index (χ1n) is 10.8. The van der Waals surface area contributed by atoms with Gasteiger partial charge in [0.05, 0.1) is 18.2 Å². The standard InChI is InChI=1S/C25H30N2O5/c1-4-5-16-32-20-12-8-18(9-13-20)23(29)21-22(17-6-10-19(28)11-7-17)27(15-14-26(2)3)25(31)24(21)30/h6-13,22,28-29H,4-5,14-16H2,1-3H3/b23-21+/t22-/m1/s1. The molecule has 1 atom stereocenters. The molecule has 1 amide bonds. The summed E-state index contributed by atoms with van der Waals surface area (Å²) in [4.78, 5) is 29.2. The van der Waals surface area contributed by atoms with Gasteiger partial charge in [0.1, 0.15) is 17.3 Å². The van der Waals surface area contributed by atoms with Crippen LogP contribution in [0.3, 0.4) is 0 Å². The van der Waals surface area contributed by atoms with E-state index in [1.54, 1.807) is 36.4 Å². The van der Waals surface area contributed by atoms with E-state index in [2.05, 4.69) is 6.92 Å². The molecule has 0 unspecified atom stereocenters. The van der Waals surface area contributed by atoms with Gasteiger partial charge < -0.3 is 24.7 Å². The second-order valence-electron chi connectivity index (χ2n) is 8.11. The summed E-state index contributed by atoms with van der Waals surface area (Å²) in [7, 11) is 3.77. The molecule has 7 nitrogen and oxygen atoms in total. The molecule has 2 N–H and O–H groups in total. The van der Waals surface area contributed by atoms with E-state index in [-0.39, 0.29) is 17.1 Å². The Morgan fingerprint density at radius 2 is 1.72 bits per heavy atom. The molecule has 0 bridgehead atoms. The number of nitrogens with zero attached hydrogens (tertiary/aromatic N) is 2. The van der Waals surface area contributed by atoms with Crippen molar-refractivity contribution in [1.82, 2.24) is 9.80 Å². The molecule has 2 aromatic rings. The highest BCUT2D eigenvalue weighted by molar-refractivity contribution is 6.46. The highest BCUT2D eigenvalue weighted by Gasteiger charge is 2.45. The number of aliphatic hydroxyl groups excluding tert-OH is 1. The van der Waals surface area contributed by atoms with Crippen LogP contribution in [0.25, 0.3) is 5.76 Å². The number of aromatic hydroxyl groups is 1. The van der Waals surface area contributed by atoms with Crippen molar-refractivity contribution in [1.29, 1.82) is 0 Å². The molecule has 0 aliphatic carbocycles. The van der Waals surface area contributed by atoms with Gasteiger partial charge >= 0.3 is 0 Å². The van der Waals surface area contributed by atoms with E-state index in [4.69, 9.17) is 4.74 Å². The Hall–Kier alpha value is -3.32. The van der Waals surface area contributed by atoms with Crippen LogP contribution < -0.4 is 4.74 Å². The number of hydrogen-bond donors (Lipinski definition) is 2. The molecule has 0 aromatic heterocycles. The molecular formula is C25H30N2O5. The number of aliphatic hydroxyl groups is 1. The summed E-state index contributed by atoms with van der Waals surface area (Å²) < 4.78 is 5.66. The number of phenolic OH excluding ortho intramolecular Hbond substituents is 1. The fourth-order valence-corrected chi connectivity index (χ4v) is 3.62. The molecule has 3 rings (SSSR count). The molecule has 7 heteroatoms.